The lowest BCUT2D eigenvalue weighted by Gasteiger charge is -2.28. The number of aryl methyl sites for hydroxylation is 1. The van der Waals surface area contributed by atoms with Gasteiger partial charge in [0, 0.05) is 4.47 Å². The van der Waals surface area contributed by atoms with Gasteiger partial charge < -0.3 is 14.2 Å². The van der Waals surface area contributed by atoms with E-state index in [0.717, 1.165) is 40.1 Å². The van der Waals surface area contributed by atoms with Crippen LogP contribution in [-0.2, 0) is 6.42 Å². The molecular formula is C17H17BrO3. The van der Waals surface area contributed by atoms with Gasteiger partial charge in [0.1, 0.15) is 11.9 Å². The molecule has 0 bridgehead atoms. The van der Waals surface area contributed by atoms with Crippen molar-refractivity contribution in [1.29, 1.82) is 0 Å². The Morgan fingerprint density at radius 1 is 1.10 bits per heavy atom. The number of hydrogen-bond donors (Lipinski definition) is 0. The van der Waals surface area contributed by atoms with Crippen LogP contribution in [0.5, 0.6) is 17.2 Å². The molecule has 0 radical (unpaired) electrons. The second-order valence-corrected chi connectivity index (χ2v) is 5.93. The Balaban J connectivity index is 1.89. The van der Waals surface area contributed by atoms with Crippen molar-refractivity contribution in [2.45, 2.75) is 18.9 Å². The summed E-state index contributed by atoms with van der Waals surface area (Å²) in [5.74, 6) is 2.49. The number of ether oxygens (including phenoxy) is 3. The van der Waals surface area contributed by atoms with Crippen molar-refractivity contribution in [1.82, 2.24) is 0 Å². The lowest BCUT2D eigenvalue weighted by molar-refractivity contribution is 0.168. The van der Waals surface area contributed by atoms with Crippen LogP contribution in [0.1, 0.15) is 23.7 Å². The Bertz CT molecular complexity index is 620. The van der Waals surface area contributed by atoms with E-state index in [1.165, 1.54) is 5.56 Å². The van der Waals surface area contributed by atoms with E-state index < -0.39 is 0 Å². The number of halogens is 1. The standard InChI is InChI=1S/C17H17BrO3/c1-19-14-6-3-11(4-7-14)15-8-5-12-9-13(18)10-16(20-2)17(12)21-15/h3-4,6-7,9-10,15H,5,8H2,1-2H3. The van der Waals surface area contributed by atoms with Crippen molar-refractivity contribution in [2.75, 3.05) is 14.2 Å². The van der Waals surface area contributed by atoms with E-state index in [2.05, 4.69) is 34.1 Å². The van der Waals surface area contributed by atoms with Crippen molar-refractivity contribution in [3.63, 3.8) is 0 Å². The molecule has 21 heavy (non-hydrogen) atoms. The topological polar surface area (TPSA) is 27.7 Å². The number of hydrogen-bond acceptors (Lipinski definition) is 3. The predicted octanol–water partition coefficient (Wildman–Crippen LogP) is 4.53. The zero-order valence-electron chi connectivity index (χ0n) is 12.1. The van der Waals surface area contributed by atoms with Gasteiger partial charge in [0.2, 0.25) is 0 Å². The SMILES string of the molecule is COc1ccc(C2CCc3cc(Br)cc(OC)c3O2)cc1. The predicted molar refractivity (Wildman–Crippen MR) is 85.4 cm³/mol. The molecule has 110 valence electrons. The van der Waals surface area contributed by atoms with Crippen molar-refractivity contribution in [3.8, 4) is 17.2 Å². The van der Waals surface area contributed by atoms with Crippen LogP contribution in [0.2, 0.25) is 0 Å². The quantitative estimate of drug-likeness (QED) is 0.815. The maximum Gasteiger partial charge on any atom is 0.165 e. The molecule has 3 nitrogen and oxygen atoms in total. The molecule has 0 amide bonds. The minimum absolute atomic E-state index is 0.0541. The third-order valence-corrected chi connectivity index (χ3v) is 4.20. The molecule has 0 fully saturated rings. The average molecular weight is 349 g/mol. The van der Waals surface area contributed by atoms with Gasteiger partial charge in [0.15, 0.2) is 11.5 Å². The first-order valence-electron chi connectivity index (χ1n) is 6.88. The molecule has 0 N–H and O–H groups in total. The maximum absolute atomic E-state index is 6.18. The van der Waals surface area contributed by atoms with E-state index in [-0.39, 0.29) is 6.10 Å². The molecule has 0 aromatic heterocycles. The second kappa shape index (κ2) is 5.98. The van der Waals surface area contributed by atoms with E-state index in [1.54, 1.807) is 14.2 Å². The Hall–Kier alpha value is -1.68. The van der Waals surface area contributed by atoms with Crippen LogP contribution in [0.25, 0.3) is 0 Å². The van der Waals surface area contributed by atoms with Gasteiger partial charge in [-0.05, 0) is 48.2 Å². The van der Waals surface area contributed by atoms with E-state index in [4.69, 9.17) is 14.2 Å². The van der Waals surface area contributed by atoms with Crippen molar-refractivity contribution in [3.05, 3.63) is 52.0 Å². The van der Waals surface area contributed by atoms with Crippen LogP contribution in [0.15, 0.2) is 40.9 Å². The second-order valence-electron chi connectivity index (χ2n) is 5.01. The van der Waals surface area contributed by atoms with Gasteiger partial charge in [0.25, 0.3) is 0 Å². The van der Waals surface area contributed by atoms with E-state index in [1.807, 2.05) is 18.2 Å². The number of methoxy groups -OCH3 is 2. The van der Waals surface area contributed by atoms with Gasteiger partial charge in [-0.3, -0.25) is 0 Å². The number of rotatable bonds is 3. The monoisotopic (exact) mass is 348 g/mol. The zero-order chi connectivity index (χ0) is 14.8. The highest BCUT2D eigenvalue weighted by Crippen LogP contribution is 2.43. The van der Waals surface area contributed by atoms with Crippen molar-refractivity contribution >= 4 is 15.9 Å². The van der Waals surface area contributed by atoms with E-state index in [0.29, 0.717) is 0 Å². The highest BCUT2D eigenvalue weighted by molar-refractivity contribution is 9.10. The zero-order valence-corrected chi connectivity index (χ0v) is 13.6. The smallest absolute Gasteiger partial charge is 0.165 e. The molecule has 0 saturated heterocycles. The molecule has 1 unspecified atom stereocenters. The fraction of sp³-hybridized carbons (Fsp3) is 0.294. The molecule has 0 aliphatic carbocycles. The summed E-state index contributed by atoms with van der Waals surface area (Å²) in [7, 11) is 3.34. The van der Waals surface area contributed by atoms with Crippen molar-refractivity contribution in [2.24, 2.45) is 0 Å². The molecule has 1 aliphatic heterocycles. The summed E-state index contributed by atoms with van der Waals surface area (Å²) in [4.78, 5) is 0. The van der Waals surface area contributed by atoms with Crippen LogP contribution in [0.3, 0.4) is 0 Å². The van der Waals surface area contributed by atoms with Gasteiger partial charge in [-0.1, -0.05) is 28.1 Å². The average Bonchev–Trinajstić information content (AvgIpc) is 2.53. The van der Waals surface area contributed by atoms with Crippen LogP contribution < -0.4 is 14.2 Å². The maximum atomic E-state index is 6.18. The Kier molecular flexibility index (Phi) is 4.06. The molecule has 0 spiro atoms. The van der Waals surface area contributed by atoms with E-state index >= 15 is 0 Å². The Morgan fingerprint density at radius 2 is 1.86 bits per heavy atom. The normalized spacial score (nSPS) is 16.8. The van der Waals surface area contributed by atoms with Crippen molar-refractivity contribution < 1.29 is 14.2 Å². The van der Waals surface area contributed by atoms with Crippen LogP contribution in [0, 0.1) is 0 Å². The first-order chi connectivity index (χ1) is 10.2. The first kappa shape index (κ1) is 14.3. The van der Waals surface area contributed by atoms with Gasteiger partial charge >= 0.3 is 0 Å². The third kappa shape index (κ3) is 2.86. The third-order valence-electron chi connectivity index (χ3n) is 3.74. The molecule has 4 heteroatoms. The molecule has 1 aliphatic rings. The molecule has 1 heterocycles. The van der Waals surface area contributed by atoms with Gasteiger partial charge in [-0.25, -0.2) is 0 Å². The lowest BCUT2D eigenvalue weighted by Crippen LogP contribution is -2.15. The summed E-state index contributed by atoms with van der Waals surface area (Å²) in [6.45, 7) is 0. The lowest BCUT2D eigenvalue weighted by atomic mass is 9.97. The Morgan fingerprint density at radius 3 is 2.52 bits per heavy atom. The minimum atomic E-state index is 0.0541. The molecule has 2 aromatic carbocycles. The number of benzene rings is 2. The molecule has 3 rings (SSSR count). The fourth-order valence-electron chi connectivity index (χ4n) is 2.63. The highest BCUT2D eigenvalue weighted by atomic mass is 79.9. The molecule has 2 aromatic rings. The van der Waals surface area contributed by atoms with Crippen LogP contribution in [0.4, 0.5) is 0 Å². The summed E-state index contributed by atoms with van der Waals surface area (Å²) in [6, 6.07) is 12.1. The largest absolute Gasteiger partial charge is 0.497 e. The molecular weight excluding hydrogens is 332 g/mol. The summed E-state index contributed by atoms with van der Waals surface area (Å²) in [5.41, 5.74) is 2.34. The van der Waals surface area contributed by atoms with Gasteiger partial charge in [-0.15, -0.1) is 0 Å². The van der Waals surface area contributed by atoms with Crippen LogP contribution in [-0.4, -0.2) is 14.2 Å². The Labute approximate surface area is 133 Å². The van der Waals surface area contributed by atoms with Crippen LogP contribution >= 0.6 is 15.9 Å². The van der Waals surface area contributed by atoms with E-state index in [9.17, 15) is 0 Å². The summed E-state index contributed by atoms with van der Waals surface area (Å²) >= 11 is 3.51. The fourth-order valence-corrected chi connectivity index (χ4v) is 3.12. The highest BCUT2D eigenvalue weighted by Gasteiger charge is 2.24. The van der Waals surface area contributed by atoms with Gasteiger partial charge in [-0.2, -0.15) is 0 Å². The molecule has 1 atom stereocenters. The summed E-state index contributed by atoms with van der Waals surface area (Å²) in [6.07, 6.45) is 1.99. The summed E-state index contributed by atoms with van der Waals surface area (Å²) in [5, 5.41) is 0. The molecule has 0 saturated carbocycles. The number of fused-ring (bicyclic) bond motifs is 1. The summed E-state index contributed by atoms with van der Waals surface area (Å²) < 4.78 is 17.8. The minimum Gasteiger partial charge on any atom is -0.497 e. The first-order valence-corrected chi connectivity index (χ1v) is 7.67. The van der Waals surface area contributed by atoms with Gasteiger partial charge in [0.05, 0.1) is 14.2 Å².